The lowest BCUT2D eigenvalue weighted by Gasteiger charge is -1.86. The molecule has 3 aromatic rings. The molecule has 16 heavy (non-hydrogen) atoms. The van der Waals surface area contributed by atoms with Crippen LogP contribution in [0.3, 0.4) is 0 Å². The molecule has 0 aliphatic rings. The van der Waals surface area contributed by atoms with E-state index in [0.29, 0.717) is 0 Å². The number of fused-ring (bicyclic) bond motifs is 1. The predicted octanol–water partition coefficient (Wildman–Crippen LogP) is 3.39. The van der Waals surface area contributed by atoms with E-state index in [1.54, 1.807) is 22.7 Å². The highest BCUT2D eigenvalue weighted by molar-refractivity contribution is 7.17. The second-order valence-corrected chi connectivity index (χ2v) is 5.94. The lowest BCUT2D eigenvalue weighted by Crippen LogP contribution is -1.82. The molecular weight excluding hydrogens is 238 g/mol. The van der Waals surface area contributed by atoms with E-state index < -0.39 is 0 Å². The normalized spacial score (nSPS) is 11.4. The Bertz CT molecular complexity index is 601. The second-order valence-electron chi connectivity index (χ2n) is 3.61. The van der Waals surface area contributed by atoms with Gasteiger partial charge in [-0.3, -0.25) is 0 Å². The molecule has 0 bridgehead atoms. The fourth-order valence-electron chi connectivity index (χ4n) is 1.58. The highest BCUT2D eigenvalue weighted by Crippen LogP contribution is 2.28. The third kappa shape index (κ3) is 1.56. The van der Waals surface area contributed by atoms with Gasteiger partial charge in [0, 0.05) is 4.88 Å². The van der Waals surface area contributed by atoms with Gasteiger partial charge < -0.3 is 0 Å². The van der Waals surface area contributed by atoms with Gasteiger partial charge in [-0.05, 0) is 25.5 Å². The molecule has 0 aromatic carbocycles. The van der Waals surface area contributed by atoms with E-state index in [2.05, 4.69) is 36.1 Å². The first-order valence-corrected chi connectivity index (χ1v) is 6.81. The zero-order valence-electron chi connectivity index (χ0n) is 9.10. The Balaban J connectivity index is 2.09. The van der Waals surface area contributed by atoms with Gasteiger partial charge >= 0.3 is 0 Å². The van der Waals surface area contributed by atoms with Gasteiger partial charge in [0.05, 0.1) is 11.1 Å². The molecule has 0 N–H and O–H groups in total. The van der Waals surface area contributed by atoms with Crippen molar-refractivity contribution in [3.8, 4) is 10.6 Å². The molecule has 0 aliphatic heterocycles. The second kappa shape index (κ2) is 3.68. The van der Waals surface area contributed by atoms with Crippen LogP contribution in [0.15, 0.2) is 18.3 Å². The van der Waals surface area contributed by atoms with Crippen molar-refractivity contribution in [2.24, 2.45) is 0 Å². The topological polar surface area (TPSA) is 30.2 Å². The standard InChI is InChI=1S/C11H11N3S2/c1-3-10-13-14-6-8(12-11(14)16-10)9-5-4-7(2)15-9/h4-6H,3H2,1-2H3. The Morgan fingerprint density at radius 1 is 1.31 bits per heavy atom. The van der Waals surface area contributed by atoms with Gasteiger partial charge in [0.2, 0.25) is 4.96 Å². The van der Waals surface area contributed by atoms with Crippen LogP contribution in [-0.2, 0) is 6.42 Å². The molecule has 0 saturated carbocycles. The molecule has 0 saturated heterocycles. The van der Waals surface area contributed by atoms with E-state index in [0.717, 1.165) is 22.1 Å². The maximum absolute atomic E-state index is 4.59. The van der Waals surface area contributed by atoms with E-state index in [9.17, 15) is 0 Å². The van der Waals surface area contributed by atoms with Crippen molar-refractivity contribution in [2.75, 3.05) is 0 Å². The van der Waals surface area contributed by atoms with Crippen LogP contribution in [0.2, 0.25) is 0 Å². The Hall–Kier alpha value is -1.20. The number of thiophene rings is 1. The molecule has 82 valence electrons. The highest BCUT2D eigenvalue weighted by atomic mass is 32.1. The Kier molecular flexibility index (Phi) is 2.29. The van der Waals surface area contributed by atoms with Crippen LogP contribution in [-0.4, -0.2) is 14.6 Å². The molecule has 0 spiro atoms. The molecule has 0 radical (unpaired) electrons. The van der Waals surface area contributed by atoms with E-state index in [1.807, 2.05) is 10.7 Å². The Morgan fingerprint density at radius 3 is 2.81 bits per heavy atom. The number of aryl methyl sites for hydroxylation is 2. The molecule has 0 unspecified atom stereocenters. The van der Waals surface area contributed by atoms with Gasteiger partial charge in [-0.25, -0.2) is 9.50 Å². The first-order valence-electron chi connectivity index (χ1n) is 5.18. The van der Waals surface area contributed by atoms with E-state index >= 15 is 0 Å². The largest absolute Gasteiger partial charge is 0.217 e. The molecule has 5 heteroatoms. The number of hydrogen-bond donors (Lipinski definition) is 0. The SMILES string of the molecule is CCc1nn2cc(-c3ccc(C)s3)nc2s1. The lowest BCUT2D eigenvalue weighted by atomic mass is 10.4. The van der Waals surface area contributed by atoms with Gasteiger partial charge in [-0.1, -0.05) is 18.3 Å². The summed E-state index contributed by atoms with van der Waals surface area (Å²) < 4.78 is 1.88. The molecule has 0 amide bonds. The van der Waals surface area contributed by atoms with Crippen LogP contribution in [0.5, 0.6) is 0 Å². The molecule has 0 atom stereocenters. The zero-order chi connectivity index (χ0) is 11.1. The van der Waals surface area contributed by atoms with E-state index in [4.69, 9.17) is 0 Å². The van der Waals surface area contributed by atoms with Crippen molar-refractivity contribution in [1.82, 2.24) is 14.6 Å². The van der Waals surface area contributed by atoms with Crippen molar-refractivity contribution in [3.05, 3.63) is 28.2 Å². The third-order valence-electron chi connectivity index (χ3n) is 2.38. The molecule has 0 aliphatic carbocycles. The number of rotatable bonds is 2. The van der Waals surface area contributed by atoms with Crippen LogP contribution >= 0.6 is 22.7 Å². The van der Waals surface area contributed by atoms with Crippen LogP contribution in [0.25, 0.3) is 15.5 Å². The summed E-state index contributed by atoms with van der Waals surface area (Å²) in [6.07, 6.45) is 2.98. The summed E-state index contributed by atoms with van der Waals surface area (Å²) in [5, 5.41) is 5.60. The van der Waals surface area contributed by atoms with Crippen molar-refractivity contribution in [1.29, 1.82) is 0 Å². The molecule has 3 aromatic heterocycles. The Labute approximate surface area is 101 Å². The smallest absolute Gasteiger partial charge is 0.212 e. The summed E-state index contributed by atoms with van der Waals surface area (Å²) in [6, 6.07) is 4.24. The van der Waals surface area contributed by atoms with Gasteiger partial charge in [-0.15, -0.1) is 11.3 Å². The van der Waals surface area contributed by atoms with E-state index in [1.165, 1.54) is 9.75 Å². The summed E-state index contributed by atoms with van der Waals surface area (Å²) in [4.78, 5) is 8.11. The fraction of sp³-hybridized carbons (Fsp3) is 0.273. The maximum Gasteiger partial charge on any atom is 0.212 e. The summed E-state index contributed by atoms with van der Waals surface area (Å²) in [7, 11) is 0. The average Bonchev–Trinajstić information content (AvgIpc) is 2.89. The molecule has 3 rings (SSSR count). The number of hydrogen-bond acceptors (Lipinski definition) is 4. The minimum atomic E-state index is 0.974. The van der Waals surface area contributed by atoms with Crippen molar-refractivity contribution >= 4 is 27.6 Å². The summed E-state index contributed by atoms with van der Waals surface area (Å²) in [6.45, 7) is 4.22. The number of nitrogens with zero attached hydrogens (tertiary/aromatic N) is 3. The first kappa shape index (κ1) is 9.99. The number of aromatic nitrogens is 3. The van der Waals surface area contributed by atoms with Crippen LogP contribution in [0.1, 0.15) is 16.8 Å². The highest BCUT2D eigenvalue weighted by Gasteiger charge is 2.09. The fourth-order valence-corrected chi connectivity index (χ4v) is 3.21. The van der Waals surface area contributed by atoms with E-state index in [-0.39, 0.29) is 0 Å². The maximum atomic E-state index is 4.59. The van der Waals surface area contributed by atoms with Gasteiger partial charge in [-0.2, -0.15) is 5.10 Å². The lowest BCUT2D eigenvalue weighted by molar-refractivity contribution is 0.911. The van der Waals surface area contributed by atoms with Gasteiger partial charge in [0.1, 0.15) is 10.7 Å². The number of imidazole rings is 1. The van der Waals surface area contributed by atoms with Gasteiger partial charge in [0.25, 0.3) is 0 Å². The van der Waals surface area contributed by atoms with Gasteiger partial charge in [0.15, 0.2) is 0 Å². The first-order chi connectivity index (χ1) is 7.76. The Morgan fingerprint density at radius 2 is 2.19 bits per heavy atom. The van der Waals surface area contributed by atoms with Crippen LogP contribution < -0.4 is 0 Å². The predicted molar refractivity (Wildman–Crippen MR) is 68.3 cm³/mol. The quantitative estimate of drug-likeness (QED) is 0.697. The molecule has 3 heterocycles. The summed E-state index contributed by atoms with van der Waals surface area (Å²) >= 11 is 3.44. The molecular formula is C11H11N3S2. The third-order valence-corrected chi connectivity index (χ3v) is 4.47. The van der Waals surface area contributed by atoms with Crippen molar-refractivity contribution < 1.29 is 0 Å². The summed E-state index contributed by atoms with van der Waals surface area (Å²) in [5.41, 5.74) is 1.03. The molecule has 0 fully saturated rings. The minimum absolute atomic E-state index is 0.974. The monoisotopic (exact) mass is 249 g/mol. The minimum Gasteiger partial charge on any atom is -0.217 e. The average molecular weight is 249 g/mol. The van der Waals surface area contributed by atoms with Crippen LogP contribution in [0.4, 0.5) is 0 Å². The molecule has 3 nitrogen and oxygen atoms in total. The van der Waals surface area contributed by atoms with Crippen molar-refractivity contribution in [2.45, 2.75) is 20.3 Å². The zero-order valence-corrected chi connectivity index (χ0v) is 10.7. The summed E-state index contributed by atoms with van der Waals surface area (Å²) in [5.74, 6) is 0. The van der Waals surface area contributed by atoms with Crippen LogP contribution in [0, 0.1) is 6.92 Å². The van der Waals surface area contributed by atoms with Crippen molar-refractivity contribution in [3.63, 3.8) is 0 Å².